The number of aromatic nitrogens is 2. The number of nitrogens with one attached hydrogen (secondary N) is 1. The van der Waals surface area contributed by atoms with E-state index in [1.807, 2.05) is 37.3 Å². The largest absolute Gasteiger partial charge is 0.467 e. The van der Waals surface area contributed by atoms with Crippen LogP contribution in [-0.4, -0.2) is 49.1 Å². The number of fused-ring (bicyclic) bond motifs is 1. The summed E-state index contributed by atoms with van der Waals surface area (Å²) in [7, 11) is 0. The van der Waals surface area contributed by atoms with Gasteiger partial charge in [-0.15, -0.1) is 10.2 Å². The van der Waals surface area contributed by atoms with Gasteiger partial charge in [0.2, 0.25) is 0 Å². The molecule has 1 aliphatic heterocycles. The van der Waals surface area contributed by atoms with E-state index >= 15 is 0 Å². The molecular formula is C23H25N3O4. The third-order valence-corrected chi connectivity index (χ3v) is 5.09. The van der Waals surface area contributed by atoms with Crippen molar-refractivity contribution in [3.8, 4) is 17.0 Å². The second-order valence-corrected chi connectivity index (χ2v) is 7.13. The molecule has 7 nitrogen and oxygen atoms in total. The van der Waals surface area contributed by atoms with E-state index in [2.05, 4.69) is 15.5 Å². The Labute approximate surface area is 175 Å². The SMILES string of the molecule is CCOCOc1cc(C=O)ccc1-c1nnc(N[C@@H]2CCCOC2)c2ccccc12. The van der Waals surface area contributed by atoms with Gasteiger partial charge < -0.3 is 19.5 Å². The lowest BCUT2D eigenvalue weighted by Crippen LogP contribution is -2.30. The van der Waals surface area contributed by atoms with Crippen LogP contribution in [-0.2, 0) is 9.47 Å². The van der Waals surface area contributed by atoms with E-state index in [4.69, 9.17) is 14.2 Å². The first kappa shape index (κ1) is 20.3. The van der Waals surface area contributed by atoms with Crippen LogP contribution in [0, 0.1) is 0 Å². The molecule has 156 valence electrons. The minimum Gasteiger partial charge on any atom is -0.467 e. The average molecular weight is 407 g/mol. The number of ether oxygens (including phenoxy) is 3. The lowest BCUT2D eigenvalue weighted by Gasteiger charge is -2.24. The number of hydrogen-bond donors (Lipinski definition) is 1. The summed E-state index contributed by atoms with van der Waals surface area (Å²) in [5.41, 5.74) is 1.98. The summed E-state index contributed by atoms with van der Waals surface area (Å²) in [5, 5.41) is 14.4. The molecular weight excluding hydrogens is 382 g/mol. The average Bonchev–Trinajstić information content (AvgIpc) is 2.80. The highest BCUT2D eigenvalue weighted by molar-refractivity contribution is 6.01. The molecule has 1 aromatic heterocycles. The molecule has 0 bridgehead atoms. The second kappa shape index (κ2) is 9.65. The van der Waals surface area contributed by atoms with Gasteiger partial charge in [-0.1, -0.05) is 30.3 Å². The van der Waals surface area contributed by atoms with Gasteiger partial charge in [0.1, 0.15) is 17.7 Å². The smallest absolute Gasteiger partial charge is 0.189 e. The van der Waals surface area contributed by atoms with Crippen LogP contribution < -0.4 is 10.1 Å². The molecule has 0 radical (unpaired) electrons. The summed E-state index contributed by atoms with van der Waals surface area (Å²) in [5.74, 6) is 1.28. The predicted octanol–water partition coefficient (Wildman–Crippen LogP) is 4.07. The molecule has 2 aromatic carbocycles. The van der Waals surface area contributed by atoms with Crippen molar-refractivity contribution in [2.75, 3.05) is 31.9 Å². The van der Waals surface area contributed by atoms with Gasteiger partial charge in [0.15, 0.2) is 12.6 Å². The summed E-state index contributed by atoms with van der Waals surface area (Å²) < 4.78 is 16.7. The molecule has 0 spiro atoms. The molecule has 3 aromatic rings. The fourth-order valence-corrected chi connectivity index (χ4v) is 3.57. The van der Waals surface area contributed by atoms with Crippen molar-refractivity contribution in [2.24, 2.45) is 0 Å². The minimum absolute atomic E-state index is 0.0957. The number of benzene rings is 2. The fraction of sp³-hybridized carbons (Fsp3) is 0.348. The summed E-state index contributed by atoms with van der Waals surface area (Å²) in [6.07, 6.45) is 2.87. The molecule has 4 rings (SSSR count). The summed E-state index contributed by atoms with van der Waals surface area (Å²) >= 11 is 0. The Morgan fingerprint density at radius 1 is 1.20 bits per heavy atom. The lowest BCUT2D eigenvalue weighted by atomic mass is 10.0. The van der Waals surface area contributed by atoms with Crippen molar-refractivity contribution in [3.05, 3.63) is 48.0 Å². The summed E-state index contributed by atoms with van der Waals surface area (Å²) in [6, 6.07) is 13.5. The van der Waals surface area contributed by atoms with Crippen molar-refractivity contribution in [1.82, 2.24) is 10.2 Å². The number of nitrogens with zero attached hydrogens (tertiary/aromatic N) is 2. The Bertz CT molecular complexity index is 1020. The number of rotatable bonds is 8. The third-order valence-electron chi connectivity index (χ3n) is 5.09. The molecule has 0 amide bonds. The number of aldehydes is 1. The van der Waals surface area contributed by atoms with E-state index in [1.165, 1.54) is 0 Å². The monoisotopic (exact) mass is 407 g/mol. The van der Waals surface area contributed by atoms with E-state index < -0.39 is 0 Å². The first-order chi connectivity index (χ1) is 14.8. The minimum atomic E-state index is 0.0957. The van der Waals surface area contributed by atoms with Crippen LogP contribution in [0.4, 0.5) is 5.82 Å². The molecule has 7 heteroatoms. The molecule has 1 N–H and O–H groups in total. The number of carbonyl (C=O) groups is 1. The van der Waals surface area contributed by atoms with Gasteiger partial charge in [-0.3, -0.25) is 4.79 Å². The first-order valence-electron chi connectivity index (χ1n) is 10.2. The standard InChI is InChI=1S/C23H25N3O4/c1-2-28-15-30-21-12-16(13-27)9-10-20(21)22-18-7-3-4-8-19(18)23(26-25-22)24-17-6-5-11-29-14-17/h3-4,7-10,12-13,17H,2,5-6,11,14-15H2,1H3,(H,24,26)/t17-/m1/s1. The zero-order chi connectivity index (χ0) is 20.8. The zero-order valence-electron chi connectivity index (χ0n) is 17.0. The maximum atomic E-state index is 11.2. The van der Waals surface area contributed by atoms with E-state index in [1.54, 1.807) is 12.1 Å². The normalized spacial score (nSPS) is 16.4. The molecule has 1 aliphatic rings. The fourth-order valence-electron chi connectivity index (χ4n) is 3.57. The molecule has 30 heavy (non-hydrogen) atoms. The van der Waals surface area contributed by atoms with Crippen LogP contribution in [0.15, 0.2) is 42.5 Å². The molecule has 1 atom stereocenters. The van der Waals surface area contributed by atoms with E-state index in [0.29, 0.717) is 30.2 Å². The van der Waals surface area contributed by atoms with Gasteiger partial charge in [-0.25, -0.2) is 0 Å². The van der Waals surface area contributed by atoms with E-state index in [0.717, 1.165) is 47.9 Å². The molecule has 1 saturated heterocycles. The highest BCUT2D eigenvalue weighted by Gasteiger charge is 2.19. The Morgan fingerprint density at radius 2 is 2.07 bits per heavy atom. The van der Waals surface area contributed by atoms with Crippen LogP contribution >= 0.6 is 0 Å². The number of carbonyl (C=O) groups excluding carboxylic acids is 1. The number of hydrogen-bond acceptors (Lipinski definition) is 7. The van der Waals surface area contributed by atoms with Crippen molar-refractivity contribution in [3.63, 3.8) is 0 Å². The Hall–Kier alpha value is -3.03. The van der Waals surface area contributed by atoms with Gasteiger partial charge >= 0.3 is 0 Å². The van der Waals surface area contributed by atoms with Gasteiger partial charge in [-0.2, -0.15) is 0 Å². The summed E-state index contributed by atoms with van der Waals surface area (Å²) in [4.78, 5) is 11.2. The topological polar surface area (TPSA) is 82.6 Å². The van der Waals surface area contributed by atoms with E-state index in [-0.39, 0.29) is 12.8 Å². The van der Waals surface area contributed by atoms with Gasteiger partial charge in [0, 0.05) is 35.1 Å². The Kier molecular flexibility index (Phi) is 6.51. The second-order valence-electron chi connectivity index (χ2n) is 7.13. The van der Waals surface area contributed by atoms with Gasteiger partial charge in [0.25, 0.3) is 0 Å². The molecule has 1 fully saturated rings. The van der Waals surface area contributed by atoms with Crippen LogP contribution in [0.3, 0.4) is 0 Å². The van der Waals surface area contributed by atoms with Crippen molar-refractivity contribution >= 4 is 22.9 Å². The van der Waals surface area contributed by atoms with Gasteiger partial charge in [-0.05, 0) is 31.9 Å². The van der Waals surface area contributed by atoms with Crippen molar-refractivity contribution in [1.29, 1.82) is 0 Å². The maximum absolute atomic E-state index is 11.2. The predicted molar refractivity (Wildman–Crippen MR) is 115 cm³/mol. The maximum Gasteiger partial charge on any atom is 0.189 e. The highest BCUT2D eigenvalue weighted by Crippen LogP contribution is 2.36. The molecule has 0 saturated carbocycles. The Balaban J connectivity index is 1.74. The molecule has 0 unspecified atom stereocenters. The van der Waals surface area contributed by atoms with Crippen LogP contribution in [0.2, 0.25) is 0 Å². The Morgan fingerprint density at radius 3 is 2.83 bits per heavy atom. The quantitative estimate of drug-likeness (QED) is 0.342. The lowest BCUT2D eigenvalue weighted by molar-refractivity contribution is 0.0227. The van der Waals surface area contributed by atoms with Crippen LogP contribution in [0.1, 0.15) is 30.1 Å². The van der Waals surface area contributed by atoms with Crippen LogP contribution in [0.25, 0.3) is 22.0 Å². The van der Waals surface area contributed by atoms with E-state index in [9.17, 15) is 4.79 Å². The summed E-state index contributed by atoms with van der Waals surface area (Å²) in [6.45, 7) is 4.01. The highest BCUT2D eigenvalue weighted by atomic mass is 16.7. The molecule has 2 heterocycles. The first-order valence-corrected chi connectivity index (χ1v) is 10.2. The zero-order valence-corrected chi connectivity index (χ0v) is 17.0. The molecule has 0 aliphatic carbocycles. The van der Waals surface area contributed by atoms with Crippen molar-refractivity contribution < 1.29 is 19.0 Å². The van der Waals surface area contributed by atoms with Gasteiger partial charge in [0.05, 0.1) is 12.6 Å². The van der Waals surface area contributed by atoms with Crippen LogP contribution in [0.5, 0.6) is 5.75 Å². The van der Waals surface area contributed by atoms with Crippen molar-refractivity contribution in [2.45, 2.75) is 25.8 Å². The third kappa shape index (κ3) is 4.42. The number of anilines is 1.